The first-order valence-corrected chi connectivity index (χ1v) is 9.24. The molecule has 0 bridgehead atoms. The molecule has 7 heteroatoms. The van der Waals surface area contributed by atoms with E-state index in [9.17, 15) is 9.59 Å². The number of anilines is 1. The predicted octanol–water partition coefficient (Wildman–Crippen LogP) is 2.99. The fourth-order valence-corrected chi connectivity index (χ4v) is 3.50. The highest BCUT2D eigenvalue weighted by molar-refractivity contribution is 6.34. The number of aryl methyl sites for hydroxylation is 2. The van der Waals surface area contributed by atoms with Gasteiger partial charge >= 0.3 is 0 Å². The molecule has 1 saturated heterocycles. The van der Waals surface area contributed by atoms with Gasteiger partial charge in [0.05, 0.1) is 21.8 Å². The smallest absolute Gasteiger partial charge is 0.257 e. The third kappa shape index (κ3) is 4.46. The summed E-state index contributed by atoms with van der Waals surface area (Å²) in [7, 11) is 2.03. The van der Waals surface area contributed by atoms with Gasteiger partial charge in [-0.2, -0.15) is 0 Å². The molecule has 0 spiro atoms. The van der Waals surface area contributed by atoms with Crippen molar-refractivity contribution in [3.8, 4) is 0 Å². The molecule has 0 atom stereocenters. The topological polar surface area (TPSA) is 65.5 Å². The molecule has 1 N–H and O–H groups in total. The van der Waals surface area contributed by atoms with Gasteiger partial charge in [0.15, 0.2) is 0 Å². The summed E-state index contributed by atoms with van der Waals surface area (Å²) in [4.78, 5) is 33.4. The number of carbonyl (C=O) groups excluding carboxylic acids is 2. The van der Waals surface area contributed by atoms with E-state index in [-0.39, 0.29) is 11.8 Å². The molecule has 1 aromatic heterocycles. The molecule has 27 heavy (non-hydrogen) atoms. The van der Waals surface area contributed by atoms with E-state index in [1.165, 1.54) is 12.4 Å². The zero-order valence-electron chi connectivity index (χ0n) is 15.8. The number of benzene rings is 1. The molecule has 0 radical (unpaired) electrons. The maximum atomic E-state index is 12.7. The van der Waals surface area contributed by atoms with Crippen LogP contribution in [0.4, 0.5) is 5.69 Å². The molecule has 2 aromatic rings. The minimum Gasteiger partial charge on any atom is -0.336 e. The van der Waals surface area contributed by atoms with E-state index in [1.54, 1.807) is 17.0 Å². The maximum Gasteiger partial charge on any atom is 0.257 e. The number of likely N-dealkylation sites (N-methyl/N-ethyl adjacent to an activating group) is 1. The van der Waals surface area contributed by atoms with Crippen molar-refractivity contribution in [2.24, 2.45) is 0 Å². The lowest BCUT2D eigenvalue weighted by atomic mass is 10.1. The Morgan fingerprint density at radius 1 is 1.04 bits per heavy atom. The molecule has 2 amide bonds. The molecule has 1 aliphatic heterocycles. The summed E-state index contributed by atoms with van der Waals surface area (Å²) in [5, 5.41) is 3.32. The lowest BCUT2D eigenvalue weighted by molar-refractivity contribution is 0.0663. The van der Waals surface area contributed by atoms with E-state index in [1.807, 2.05) is 27.0 Å². The quantitative estimate of drug-likeness (QED) is 0.880. The minimum absolute atomic E-state index is 0.102. The third-order valence-corrected chi connectivity index (χ3v) is 5.01. The van der Waals surface area contributed by atoms with Crippen molar-refractivity contribution >= 4 is 29.1 Å². The van der Waals surface area contributed by atoms with Gasteiger partial charge in [-0.1, -0.05) is 17.7 Å². The summed E-state index contributed by atoms with van der Waals surface area (Å²) in [6.45, 7) is 6.85. The van der Waals surface area contributed by atoms with Crippen molar-refractivity contribution in [2.75, 3.05) is 38.5 Å². The van der Waals surface area contributed by atoms with Crippen molar-refractivity contribution in [1.29, 1.82) is 0 Å². The van der Waals surface area contributed by atoms with Crippen molar-refractivity contribution in [3.05, 3.63) is 57.9 Å². The highest BCUT2D eigenvalue weighted by Crippen LogP contribution is 2.27. The second-order valence-corrected chi connectivity index (χ2v) is 7.36. The molecular weight excluding hydrogens is 364 g/mol. The molecule has 0 aliphatic carbocycles. The van der Waals surface area contributed by atoms with Gasteiger partial charge in [-0.3, -0.25) is 14.6 Å². The molecule has 3 rings (SSSR count). The van der Waals surface area contributed by atoms with Crippen LogP contribution in [0.15, 0.2) is 30.6 Å². The number of rotatable bonds is 3. The van der Waals surface area contributed by atoms with Gasteiger partial charge in [-0.15, -0.1) is 0 Å². The lowest BCUT2D eigenvalue weighted by Crippen LogP contribution is -2.47. The fraction of sp³-hybridized carbons (Fsp3) is 0.350. The molecule has 6 nitrogen and oxygen atoms in total. The number of pyridine rings is 1. The lowest BCUT2D eigenvalue weighted by Gasteiger charge is -2.32. The normalized spacial score (nSPS) is 14.9. The van der Waals surface area contributed by atoms with Crippen LogP contribution < -0.4 is 5.32 Å². The van der Waals surface area contributed by atoms with E-state index in [2.05, 4.69) is 15.2 Å². The Bertz CT molecular complexity index is 853. The number of halogens is 1. The van der Waals surface area contributed by atoms with Crippen LogP contribution in [0, 0.1) is 13.8 Å². The Balaban J connectivity index is 1.77. The summed E-state index contributed by atoms with van der Waals surface area (Å²) in [6.07, 6.45) is 2.95. The van der Waals surface area contributed by atoms with Crippen molar-refractivity contribution in [3.63, 3.8) is 0 Å². The highest BCUT2D eigenvalue weighted by Gasteiger charge is 2.21. The van der Waals surface area contributed by atoms with Gasteiger partial charge in [-0.25, -0.2) is 0 Å². The van der Waals surface area contributed by atoms with E-state index in [0.29, 0.717) is 34.9 Å². The van der Waals surface area contributed by atoms with E-state index in [0.717, 1.165) is 24.2 Å². The number of hydrogen-bond acceptors (Lipinski definition) is 4. The first kappa shape index (κ1) is 19.3. The standard InChI is InChI=1S/C20H23ClN4O2/c1-13-8-14(2)18(17(21)9-13)23-19(26)15-10-16(12-22-11-15)20(27)25-6-4-24(3)5-7-25/h8-12H,4-7H2,1-3H3,(H,23,26). The van der Waals surface area contributed by atoms with Crippen LogP contribution in [0.2, 0.25) is 5.02 Å². The molecule has 142 valence electrons. The van der Waals surface area contributed by atoms with Crippen LogP contribution in [0.3, 0.4) is 0 Å². The largest absolute Gasteiger partial charge is 0.336 e. The summed E-state index contributed by atoms with van der Waals surface area (Å²) < 4.78 is 0. The second kappa shape index (κ2) is 8.06. The highest BCUT2D eigenvalue weighted by atomic mass is 35.5. The van der Waals surface area contributed by atoms with Gasteiger partial charge in [0, 0.05) is 38.6 Å². The Morgan fingerprint density at radius 3 is 2.37 bits per heavy atom. The SMILES string of the molecule is Cc1cc(C)c(NC(=O)c2cncc(C(=O)N3CCN(C)CC3)c2)c(Cl)c1. The molecular formula is C20H23ClN4O2. The van der Waals surface area contributed by atoms with Crippen molar-refractivity contribution in [2.45, 2.75) is 13.8 Å². The number of carbonyl (C=O) groups is 2. The minimum atomic E-state index is -0.343. The molecule has 1 aliphatic rings. The number of aromatic nitrogens is 1. The Morgan fingerprint density at radius 2 is 1.70 bits per heavy atom. The number of piperazine rings is 1. The van der Waals surface area contributed by atoms with Crippen LogP contribution in [-0.2, 0) is 0 Å². The van der Waals surface area contributed by atoms with Gasteiger partial charge in [0.1, 0.15) is 0 Å². The molecule has 0 unspecified atom stereocenters. The molecule has 0 saturated carbocycles. The zero-order chi connectivity index (χ0) is 19.6. The summed E-state index contributed by atoms with van der Waals surface area (Å²) in [6, 6.07) is 5.34. The van der Waals surface area contributed by atoms with Crippen LogP contribution in [-0.4, -0.2) is 59.8 Å². The van der Waals surface area contributed by atoms with Crippen LogP contribution in [0.25, 0.3) is 0 Å². The van der Waals surface area contributed by atoms with Gasteiger partial charge in [-0.05, 0) is 44.2 Å². The first-order chi connectivity index (χ1) is 12.8. The van der Waals surface area contributed by atoms with Gasteiger partial charge in [0.25, 0.3) is 11.8 Å². The number of hydrogen-bond donors (Lipinski definition) is 1. The number of nitrogens with one attached hydrogen (secondary N) is 1. The summed E-state index contributed by atoms with van der Waals surface area (Å²) >= 11 is 6.27. The van der Waals surface area contributed by atoms with E-state index >= 15 is 0 Å². The third-order valence-electron chi connectivity index (χ3n) is 4.71. The average Bonchev–Trinajstić information content (AvgIpc) is 2.64. The Labute approximate surface area is 164 Å². The number of nitrogens with zero attached hydrogens (tertiary/aromatic N) is 3. The predicted molar refractivity (Wildman–Crippen MR) is 107 cm³/mol. The summed E-state index contributed by atoms with van der Waals surface area (Å²) in [5.74, 6) is -0.445. The second-order valence-electron chi connectivity index (χ2n) is 6.95. The Hall–Kier alpha value is -2.44. The van der Waals surface area contributed by atoms with Gasteiger partial charge in [0.2, 0.25) is 0 Å². The summed E-state index contributed by atoms with van der Waals surface area (Å²) in [5.41, 5.74) is 3.22. The van der Waals surface area contributed by atoms with E-state index < -0.39 is 0 Å². The average molecular weight is 387 g/mol. The fourth-order valence-electron chi connectivity index (χ4n) is 3.13. The van der Waals surface area contributed by atoms with Crippen LogP contribution >= 0.6 is 11.6 Å². The van der Waals surface area contributed by atoms with Crippen LogP contribution in [0.1, 0.15) is 31.8 Å². The Kier molecular flexibility index (Phi) is 5.77. The maximum absolute atomic E-state index is 12.7. The molecule has 2 heterocycles. The van der Waals surface area contributed by atoms with E-state index in [4.69, 9.17) is 11.6 Å². The first-order valence-electron chi connectivity index (χ1n) is 8.86. The van der Waals surface area contributed by atoms with Crippen molar-refractivity contribution in [1.82, 2.24) is 14.8 Å². The van der Waals surface area contributed by atoms with Crippen LogP contribution in [0.5, 0.6) is 0 Å². The zero-order valence-corrected chi connectivity index (χ0v) is 16.5. The molecule has 1 aromatic carbocycles. The van der Waals surface area contributed by atoms with Gasteiger partial charge < -0.3 is 15.1 Å². The monoisotopic (exact) mass is 386 g/mol. The molecule has 1 fully saturated rings. The number of amides is 2. The van der Waals surface area contributed by atoms with Crippen molar-refractivity contribution < 1.29 is 9.59 Å².